The molecule has 1 saturated heterocycles. The third-order valence-electron chi connectivity index (χ3n) is 9.31. The van der Waals surface area contributed by atoms with E-state index in [9.17, 15) is 24.6 Å². The molecule has 4 atom stereocenters. The van der Waals surface area contributed by atoms with Crippen molar-refractivity contribution in [1.29, 1.82) is 0 Å². The molecule has 48 heavy (non-hydrogen) atoms. The topological polar surface area (TPSA) is 146 Å². The van der Waals surface area contributed by atoms with Crippen molar-refractivity contribution >= 4 is 40.6 Å². The van der Waals surface area contributed by atoms with Gasteiger partial charge >= 0.3 is 6.03 Å². The van der Waals surface area contributed by atoms with E-state index in [2.05, 4.69) is 21.3 Å². The van der Waals surface area contributed by atoms with Gasteiger partial charge in [-0.3, -0.25) is 9.59 Å². The second-order valence-electron chi connectivity index (χ2n) is 12.6. The molecule has 3 aliphatic rings. The molecule has 6 N–H and O–H groups in total. The monoisotopic (exact) mass is 646 g/mol. The van der Waals surface area contributed by atoms with Gasteiger partial charge in [0.1, 0.15) is 12.2 Å². The molecule has 4 aromatic carbocycles. The number of hydrogen-bond donors (Lipinski definition) is 6. The summed E-state index contributed by atoms with van der Waals surface area (Å²) < 4.78 is 0. The molecule has 1 fully saturated rings. The SMILES string of the molecule is O=C1CNc2cc(CN3C(=O)N(Cc4ccc5c(c4)NCC(=O)N5)[C@H](Cc4ccccc4)[C@H](O)[C@@H](O)[C@H]3Cc3ccccc3)ccc2N1. The summed E-state index contributed by atoms with van der Waals surface area (Å²) in [4.78, 5) is 42.2. The fraction of sp³-hybridized carbons (Fsp3) is 0.270. The Morgan fingerprint density at radius 1 is 0.542 bits per heavy atom. The molecule has 0 spiro atoms. The predicted molar refractivity (Wildman–Crippen MR) is 183 cm³/mol. The Bertz CT molecular complexity index is 1690. The van der Waals surface area contributed by atoms with Crippen LogP contribution < -0.4 is 21.3 Å². The van der Waals surface area contributed by atoms with Crippen molar-refractivity contribution in [2.24, 2.45) is 0 Å². The van der Waals surface area contributed by atoms with E-state index in [1.807, 2.05) is 97.1 Å². The quantitative estimate of drug-likeness (QED) is 0.171. The molecule has 3 heterocycles. The number of nitrogens with zero attached hydrogens (tertiary/aromatic N) is 2. The smallest absolute Gasteiger partial charge is 0.321 e. The van der Waals surface area contributed by atoms with Crippen LogP contribution in [-0.4, -0.2) is 75.2 Å². The Kier molecular flexibility index (Phi) is 8.70. The number of benzene rings is 4. The fourth-order valence-corrected chi connectivity index (χ4v) is 6.84. The highest BCUT2D eigenvalue weighted by atomic mass is 16.3. The molecule has 0 saturated carbocycles. The lowest BCUT2D eigenvalue weighted by atomic mass is 9.91. The fourth-order valence-electron chi connectivity index (χ4n) is 6.84. The molecule has 0 bridgehead atoms. The molecule has 4 aromatic rings. The highest BCUT2D eigenvalue weighted by Gasteiger charge is 2.46. The second kappa shape index (κ2) is 13.4. The van der Waals surface area contributed by atoms with E-state index < -0.39 is 24.3 Å². The summed E-state index contributed by atoms with van der Waals surface area (Å²) in [6.45, 7) is 0.620. The van der Waals surface area contributed by atoms with Gasteiger partial charge < -0.3 is 41.3 Å². The number of carbonyl (C=O) groups excluding carboxylic acids is 3. The number of aliphatic hydroxyl groups excluding tert-OH is 2. The van der Waals surface area contributed by atoms with Crippen LogP contribution in [0.15, 0.2) is 97.1 Å². The van der Waals surface area contributed by atoms with Gasteiger partial charge in [-0.1, -0.05) is 72.8 Å². The number of rotatable bonds is 8. The van der Waals surface area contributed by atoms with Crippen LogP contribution in [0.4, 0.5) is 27.5 Å². The lowest BCUT2D eigenvalue weighted by Crippen LogP contribution is -2.50. The number of nitrogens with one attached hydrogen (secondary N) is 4. The Morgan fingerprint density at radius 3 is 1.38 bits per heavy atom. The first-order valence-corrected chi connectivity index (χ1v) is 16.2. The van der Waals surface area contributed by atoms with Gasteiger partial charge in [0.15, 0.2) is 0 Å². The van der Waals surface area contributed by atoms with Crippen LogP contribution in [0, 0.1) is 0 Å². The van der Waals surface area contributed by atoms with Crippen LogP contribution in [0.3, 0.4) is 0 Å². The summed E-state index contributed by atoms with van der Waals surface area (Å²) in [6.07, 6.45) is -1.86. The van der Waals surface area contributed by atoms with E-state index >= 15 is 0 Å². The first-order chi connectivity index (χ1) is 23.3. The number of hydrogen-bond acceptors (Lipinski definition) is 7. The maximum Gasteiger partial charge on any atom is 0.321 e. The summed E-state index contributed by atoms with van der Waals surface area (Å²) in [6, 6.07) is 28.7. The van der Waals surface area contributed by atoms with Crippen molar-refractivity contribution in [3.05, 3.63) is 119 Å². The number of anilines is 4. The minimum Gasteiger partial charge on any atom is -0.388 e. The summed E-state index contributed by atoms with van der Waals surface area (Å²) >= 11 is 0. The average Bonchev–Trinajstić information content (AvgIpc) is 3.16. The van der Waals surface area contributed by atoms with Crippen LogP contribution in [0.25, 0.3) is 0 Å². The van der Waals surface area contributed by atoms with Crippen molar-refractivity contribution in [3.63, 3.8) is 0 Å². The molecular weight excluding hydrogens is 608 g/mol. The number of urea groups is 1. The molecule has 11 heteroatoms. The van der Waals surface area contributed by atoms with Gasteiger partial charge in [0.25, 0.3) is 0 Å². The third-order valence-corrected chi connectivity index (χ3v) is 9.31. The largest absolute Gasteiger partial charge is 0.388 e. The van der Waals surface area contributed by atoms with Crippen molar-refractivity contribution in [3.8, 4) is 0 Å². The Hall–Kier alpha value is -5.39. The number of fused-ring (bicyclic) bond motifs is 2. The molecule has 0 radical (unpaired) electrons. The van der Waals surface area contributed by atoms with Crippen molar-refractivity contribution in [1.82, 2.24) is 9.80 Å². The van der Waals surface area contributed by atoms with Crippen LogP contribution in [0.2, 0.25) is 0 Å². The van der Waals surface area contributed by atoms with Gasteiger partial charge in [0.2, 0.25) is 11.8 Å². The van der Waals surface area contributed by atoms with Gasteiger partial charge in [0, 0.05) is 13.1 Å². The maximum absolute atomic E-state index is 15.0. The standard InChI is InChI=1S/C37H38N6O5/c44-33-19-38-29-15-25(11-13-27(29)40-33)21-42-31(17-23-7-3-1-4-8-23)35(46)36(47)32(18-24-9-5-2-6-10-24)43(37(42)48)22-26-12-14-28-30(16-26)39-20-34(45)41-28/h1-16,31-32,35-36,38-39,46-47H,17-22H2,(H,40,44)(H,41,45)/t31-,32-,35+,36+/m1/s1. The van der Waals surface area contributed by atoms with Crippen LogP contribution >= 0.6 is 0 Å². The first-order valence-electron chi connectivity index (χ1n) is 16.2. The van der Waals surface area contributed by atoms with Gasteiger partial charge in [-0.25, -0.2) is 4.79 Å². The summed E-state index contributed by atoms with van der Waals surface area (Å²) in [5.41, 5.74) is 6.30. The zero-order chi connectivity index (χ0) is 33.2. The predicted octanol–water partition coefficient (Wildman–Crippen LogP) is 3.80. The Balaban J connectivity index is 1.29. The molecular formula is C37H38N6O5. The minimum absolute atomic E-state index is 0.127. The molecule has 0 aliphatic carbocycles. The van der Waals surface area contributed by atoms with Crippen LogP contribution in [-0.2, 0) is 35.5 Å². The Morgan fingerprint density at radius 2 is 0.958 bits per heavy atom. The van der Waals surface area contributed by atoms with Gasteiger partial charge in [-0.2, -0.15) is 0 Å². The average molecular weight is 647 g/mol. The third kappa shape index (κ3) is 6.55. The molecule has 4 amide bonds. The van der Waals surface area contributed by atoms with E-state index in [1.54, 1.807) is 9.80 Å². The highest BCUT2D eigenvalue weighted by Crippen LogP contribution is 2.33. The van der Waals surface area contributed by atoms with Crippen LogP contribution in [0.1, 0.15) is 22.3 Å². The molecule has 7 rings (SSSR count). The molecule has 11 nitrogen and oxygen atoms in total. The molecule has 246 valence electrons. The van der Waals surface area contributed by atoms with Gasteiger partial charge in [0.05, 0.1) is 47.9 Å². The van der Waals surface area contributed by atoms with Crippen molar-refractivity contribution in [2.75, 3.05) is 34.4 Å². The number of aliphatic hydroxyl groups is 2. The summed E-state index contributed by atoms with van der Waals surface area (Å²) in [5, 5.41) is 36.0. The highest BCUT2D eigenvalue weighted by molar-refractivity contribution is 6.01. The number of carbonyl (C=O) groups is 3. The lowest BCUT2D eigenvalue weighted by molar-refractivity contribution is -0.115. The normalized spacial score (nSPS) is 22.0. The molecule has 3 aliphatic heterocycles. The van der Waals surface area contributed by atoms with Crippen molar-refractivity contribution < 1.29 is 24.6 Å². The maximum atomic E-state index is 15.0. The second-order valence-corrected chi connectivity index (χ2v) is 12.6. The van der Waals surface area contributed by atoms with E-state index in [4.69, 9.17) is 0 Å². The summed E-state index contributed by atoms with van der Waals surface area (Å²) in [7, 11) is 0. The zero-order valence-corrected chi connectivity index (χ0v) is 26.3. The molecule has 0 unspecified atom stereocenters. The van der Waals surface area contributed by atoms with E-state index in [0.29, 0.717) is 24.2 Å². The zero-order valence-electron chi connectivity index (χ0n) is 26.3. The van der Waals surface area contributed by atoms with E-state index in [-0.39, 0.29) is 44.0 Å². The molecule has 0 aromatic heterocycles. The van der Waals surface area contributed by atoms with E-state index in [0.717, 1.165) is 33.6 Å². The summed E-state index contributed by atoms with van der Waals surface area (Å²) in [5.74, 6) is -0.254. The van der Waals surface area contributed by atoms with Crippen molar-refractivity contribution in [2.45, 2.75) is 50.2 Å². The first kappa shape index (κ1) is 31.2. The number of amides is 4. The van der Waals surface area contributed by atoms with E-state index in [1.165, 1.54) is 0 Å². The van der Waals surface area contributed by atoms with Gasteiger partial charge in [-0.05, 0) is 59.4 Å². The minimum atomic E-state index is -1.26. The lowest BCUT2D eigenvalue weighted by Gasteiger charge is -2.36. The van der Waals surface area contributed by atoms with Crippen LogP contribution in [0.5, 0.6) is 0 Å². The van der Waals surface area contributed by atoms with Gasteiger partial charge in [-0.15, -0.1) is 0 Å². The Labute approximate surface area is 278 Å².